The number of hydrogen-bond donors (Lipinski definition) is 1. The van der Waals surface area contributed by atoms with Crippen LogP contribution in [0.3, 0.4) is 0 Å². The van der Waals surface area contributed by atoms with Crippen molar-refractivity contribution >= 4 is 11.7 Å². The number of nitrogens with zero attached hydrogens (tertiary/aromatic N) is 3. The van der Waals surface area contributed by atoms with E-state index < -0.39 is 5.91 Å². The molecule has 0 fully saturated rings. The molecule has 0 atom stereocenters. The van der Waals surface area contributed by atoms with Crippen molar-refractivity contribution in [2.75, 3.05) is 5.32 Å². The lowest BCUT2D eigenvalue weighted by Gasteiger charge is -2.00. The number of benzene rings is 2. The number of amides is 1. The summed E-state index contributed by atoms with van der Waals surface area (Å²) in [5, 5.41) is 13.9. The van der Waals surface area contributed by atoms with E-state index in [0.29, 0.717) is 16.8 Å². The van der Waals surface area contributed by atoms with Gasteiger partial charge in [-0.05, 0) is 28.9 Å². The fourth-order valence-electron chi connectivity index (χ4n) is 2.49. The Bertz CT molecular complexity index is 1110. The average Bonchev–Trinajstić information content (AvgIpc) is 3.34. The number of hydrogen-bond acceptors (Lipinski definition) is 6. The summed E-state index contributed by atoms with van der Waals surface area (Å²) in [6.07, 6.45) is 0. The van der Waals surface area contributed by atoms with Gasteiger partial charge >= 0.3 is 0 Å². The van der Waals surface area contributed by atoms with E-state index in [1.165, 1.54) is 12.1 Å². The minimum absolute atomic E-state index is 0.0213. The normalized spacial score (nSPS) is 10.7. The molecule has 134 valence electrons. The first-order valence-corrected chi connectivity index (χ1v) is 8.04. The molecule has 0 radical (unpaired) electrons. The van der Waals surface area contributed by atoms with Gasteiger partial charge in [-0.25, -0.2) is 9.02 Å². The van der Waals surface area contributed by atoms with Crippen LogP contribution in [0.15, 0.2) is 63.7 Å². The van der Waals surface area contributed by atoms with Gasteiger partial charge < -0.3 is 9.84 Å². The summed E-state index contributed by atoms with van der Waals surface area (Å²) < 4.78 is 23.6. The number of anilines is 1. The standard InChI is InChI=1S/C19H13FN4O3/c1-11-7-8-13(9-14(11)20)16-10-15(22-26-16)19(25)21-18-17(23-27-24-18)12-5-3-2-4-6-12/h2-10H,1H3,(H,21,24,25). The van der Waals surface area contributed by atoms with E-state index in [2.05, 4.69) is 20.8 Å². The van der Waals surface area contributed by atoms with Gasteiger partial charge in [0, 0.05) is 17.2 Å². The van der Waals surface area contributed by atoms with E-state index in [1.807, 2.05) is 30.3 Å². The second-order valence-electron chi connectivity index (χ2n) is 5.82. The van der Waals surface area contributed by atoms with Crippen LogP contribution in [0.5, 0.6) is 0 Å². The van der Waals surface area contributed by atoms with Crippen LogP contribution < -0.4 is 5.32 Å². The van der Waals surface area contributed by atoms with E-state index in [0.717, 1.165) is 5.56 Å². The molecule has 1 N–H and O–H groups in total. The zero-order chi connectivity index (χ0) is 18.8. The summed E-state index contributed by atoms with van der Waals surface area (Å²) >= 11 is 0. The molecule has 1 amide bonds. The fourth-order valence-corrected chi connectivity index (χ4v) is 2.49. The van der Waals surface area contributed by atoms with E-state index in [1.54, 1.807) is 19.1 Å². The minimum atomic E-state index is -0.550. The minimum Gasteiger partial charge on any atom is -0.355 e. The van der Waals surface area contributed by atoms with Crippen LogP contribution in [-0.2, 0) is 0 Å². The number of aryl methyl sites for hydroxylation is 1. The van der Waals surface area contributed by atoms with Gasteiger partial charge in [0.05, 0.1) is 0 Å². The van der Waals surface area contributed by atoms with Gasteiger partial charge in [0.25, 0.3) is 5.91 Å². The first-order valence-electron chi connectivity index (χ1n) is 8.04. The highest BCUT2D eigenvalue weighted by Crippen LogP contribution is 2.26. The van der Waals surface area contributed by atoms with Crippen LogP contribution in [0.2, 0.25) is 0 Å². The molecule has 0 saturated heterocycles. The van der Waals surface area contributed by atoms with Crippen molar-refractivity contribution in [3.8, 4) is 22.6 Å². The Hall–Kier alpha value is -3.81. The van der Waals surface area contributed by atoms with E-state index in [-0.39, 0.29) is 23.1 Å². The largest absolute Gasteiger partial charge is 0.355 e. The summed E-state index contributed by atoms with van der Waals surface area (Å²) in [6, 6.07) is 15.2. The molecule has 2 heterocycles. The lowest BCUT2D eigenvalue weighted by atomic mass is 10.1. The molecule has 0 spiro atoms. The molecule has 2 aromatic carbocycles. The van der Waals surface area contributed by atoms with E-state index in [4.69, 9.17) is 9.15 Å². The van der Waals surface area contributed by atoms with Crippen molar-refractivity contribution < 1.29 is 18.3 Å². The Kier molecular flexibility index (Phi) is 4.21. The van der Waals surface area contributed by atoms with Crippen LogP contribution in [-0.4, -0.2) is 21.4 Å². The zero-order valence-corrected chi connectivity index (χ0v) is 14.1. The van der Waals surface area contributed by atoms with Crippen molar-refractivity contribution in [2.24, 2.45) is 0 Å². The maximum atomic E-state index is 13.7. The molecule has 0 aliphatic rings. The average molecular weight is 364 g/mol. The highest BCUT2D eigenvalue weighted by atomic mass is 19.1. The van der Waals surface area contributed by atoms with Crippen LogP contribution in [0.4, 0.5) is 10.2 Å². The number of aromatic nitrogens is 3. The smallest absolute Gasteiger partial charge is 0.279 e. The maximum absolute atomic E-state index is 13.7. The lowest BCUT2D eigenvalue weighted by Crippen LogP contribution is -2.13. The third-order valence-electron chi connectivity index (χ3n) is 3.97. The Labute approximate surface area is 152 Å². The number of carbonyl (C=O) groups excluding carboxylic acids is 1. The summed E-state index contributed by atoms with van der Waals surface area (Å²) in [5.41, 5.74) is 2.16. The predicted molar refractivity (Wildman–Crippen MR) is 94.3 cm³/mol. The van der Waals surface area contributed by atoms with Gasteiger partial charge in [-0.2, -0.15) is 0 Å². The van der Waals surface area contributed by atoms with Crippen LogP contribution in [0.1, 0.15) is 16.1 Å². The number of rotatable bonds is 4. The SMILES string of the molecule is Cc1ccc(-c2cc(C(=O)Nc3nonc3-c3ccccc3)no2)cc1F. The molecule has 0 aliphatic carbocycles. The second-order valence-corrected chi connectivity index (χ2v) is 5.82. The maximum Gasteiger partial charge on any atom is 0.279 e. The first kappa shape index (κ1) is 16.6. The molecule has 27 heavy (non-hydrogen) atoms. The molecule has 0 bridgehead atoms. The monoisotopic (exact) mass is 364 g/mol. The van der Waals surface area contributed by atoms with Crippen LogP contribution in [0, 0.1) is 12.7 Å². The summed E-state index contributed by atoms with van der Waals surface area (Å²) in [7, 11) is 0. The van der Waals surface area contributed by atoms with Crippen LogP contribution in [0.25, 0.3) is 22.6 Å². The molecule has 0 unspecified atom stereocenters. The summed E-state index contributed by atoms with van der Waals surface area (Å²) in [5.74, 6) is -0.473. The zero-order valence-electron chi connectivity index (χ0n) is 14.1. The molecule has 7 nitrogen and oxygen atoms in total. The molecule has 4 aromatic rings. The van der Waals surface area contributed by atoms with E-state index >= 15 is 0 Å². The molecule has 8 heteroatoms. The number of halogens is 1. The Morgan fingerprint density at radius 2 is 1.81 bits per heavy atom. The Morgan fingerprint density at radius 3 is 2.59 bits per heavy atom. The second kappa shape index (κ2) is 6.83. The van der Waals surface area contributed by atoms with E-state index in [9.17, 15) is 9.18 Å². The quantitative estimate of drug-likeness (QED) is 0.586. The first-order chi connectivity index (χ1) is 13.1. The number of nitrogens with one attached hydrogen (secondary N) is 1. The van der Waals surface area contributed by atoms with Crippen molar-refractivity contribution in [2.45, 2.75) is 6.92 Å². The summed E-state index contributed by atoms with van der Waals surface area (Å²) in [6.45, 7) is 1.66. The molecule has 2 aromatic heterocycles. The Morgan fingerprint density at radius 1 is 1.00 bits per heavy atom. The van der Waals surface area contributed by atoms with Crippen molar-refractivity contribution in [3.05, 3.63) is 71.7 Å². The van der Waals surface area contributed by atoms with Crippen molar-refractivity contribution in [3.63, 3.8) is 0 Å². The Balaban J connectivity index is 1.56. The van der Waals surface area contributed by atoms with Gasteiger partial charge in [0.2, 0.25) is 5.82 Å². The molecule has 0 aliphatic heterocycles. The summed E-state index contributed by atoms with van der Waals surface area (Å²) in [4.78, 5) is 12.4. The number of carbonyl (C=O) groups is 1. The van der Waals surface area contributed by atoms with Gasteiger partial charge in [-0.1, -0.05) is 47.6 Å². The lowest BCUT2D eigenvalue weighted by molar-refractivity contribution is 0.101. The topological polar surface area (TPSA) is 94.1 Å². The molecule has 4 rings (SSSR count). The predicted octanol–water partition coefficient (Wildman–Crippen LogP) is 4.09. The van der Waals surface area contributed by atoms with Gasteiger partial charge in [0.1, 0.15) is 5.82 Å². The van der Waals surface area contributed by atoms with Gasteiger partial charge in [-0.3, -0.25) is 4.79 Å². The van der Waals surface area contributed by atoms with Crippen molar-refractivity contribution in [1.29, 1.82) is 0 Å². The molecular formula is C19H13FN4O3. The van der Waals surface area contributed by atoms with Crippen LogP contribution >= 0.6 is 0 Å². The highest BCUT2D eigenvalue weighted by Gasteiger charge is 2.19. The highest BCUT2D eigenvalue weighted by molar-refractivity contribution is 6.04. The fraction of sp³-hybridized carbons (Fsp3) is 0.0526. The third kappa shape index (κ3) is 3.32. The van der Waals surface area contributed by atoms with Gasteiger partial charge in [0.15, 0.2) is 17.1 Å². The molecular weight excluding hydrogens is 351 g/mol. The molecule has 0 saturated carbocycles. The third-order valence-corrected chi connectivity index (χ3v) is 3.97. The van der Waals surface area contributed by atoms with Gasteiger partial charge in [-0.15, -0.1) is 0 Å². The van der Waals surface area contributed by atoms with Crippen molar-refractivity contribution in [1.82, 2.24) is 15.5 Å².